The Morgan fingerprint density at radius 2 is 2.04 bits per heavy atom. The zero-order valence-electron chi connectivity index (χ0n) is 15.9. The van der Waals surface area contributed by atoms with Gasteiger partial charge in [-0.15, -0.1) is 0 Å². The molecule has 2 N–H and O–H groups in total. The number of hydrogen-bond acceptors (Lipinski definition) is 4. The zero-order chi connectivity index (χ0) is 17.6. The second-order valence-corrected chi connectivity index (χ2v) is 7.35. The molecule has 2 unspecified atom stereocenters. The molecule has 2 atom stereocenters. The van der Waals surface area contributed by atoms with Gasteiger partial charge in [0.2, 0.25) is 0 Å². The third-order valence-electron chi connectivity index (χ3n) is 5.52. The maximum absolute atomic E-state index is 5.69. The molecule has 0 bridgehead atoms. The molecule has 0 spiro atoms. The number of likely N-dealkylation sites (tertiary alicyclic amines) is 1. The highest BCUT2D eigenvalue weighted by Gasteiger charge is 2.29. The average molecular weight is 348 g/mol. The Kier molecular flexibility index (Phi) is 6.37. The molecule has 1 saturated heterocycles. The third kappa shape index (κ3) is 4.98. The lowest BCUT2D eigenvalue weighted by Crippen LogP contribution is -2.47. The number of furan rings is 1. The summed E-state index contributed by atoms with van der Waals surface area (Å²) in [6.07, 6.45) is 6.99. The van der Waals surface area contributed by atoms with E-state index in [1.54, 1.807) is 6.26 Å². The van der Waals surface area contributed by atoms with Crippen LogP contribution < -0.4 is 10.6 Å². The molecule has 0 aromatic carbocycles. The van der Waals surface area contributed by atoms with E-state index >= 15 is 0 Å². The predicted octanol–water partition coefficient (Wildman–Crippen LogP) is 2.06. The van der Waals surface area contributed by atoms with Crippen molar-refractivity contribution in [3.05, 3.63) is 24.2 Å². The van der Waals surface area contributed by atoms with Crippen molar-refractivity contribution in [1.29, 1.82) is 0 Å². The van der Waals surface area contributed by atoms with Crippen molar-refractivity contribution in [2.24, 2.45) is 4.99 Å². The number of likely N-dealkylation sites (N-methyl/N-ethyl adjacent to an activating group) is 1. The molecule has 2 fully saturated rings. The summed E-state index contributed by atoms with van der Waals surface area (Å²) in [6.45, 7) is 6.26. The van der Waals surface area contributed by atoms with Gasteiger partial charge in [-0.2, -0.15) is 0 Å². The Morgan fingerprint density at radius 1 is 1.32 bits per heavy atom. The van der Waals surface area contributed by atoms with Gasteiger partial charge in [0.25, 0.3) is 0 Å². The smallest absolute Gasteiger partial charge is 0.191 e. The van der Waals surface area contributed by atoms with Crippen molar-refractivity contribution in [3.63, 3.8) is 0 Å². The summed E-state index contributed by atoms with van der Waals surface area (Å²) in [6, 6.07) is 5.60. The standard InChI is InChI=1S/C19H33N5O/c1-15(23(3)16-8-9-16)13-21-19(20-2)22-14-17(18-7-6-12-25-18)24-10-4-5-11-24/h6-7,12,15-17H,4-5,8-11,13-14H2,1-3H3,(H2,20,21,22). The van der Waals surface area contributed by atoms with Crippen LogP contribution in [0.15, 0.2) is 27.8 Å². The van der Waals surface area contributed by atoms with Gasteiger partial charge < -0.3 is 15.1 Å². The Hall–Kier alpha value is -1.53. The van der Waals surface area contributed by atoms with Crippen LogP contribution in [0, 0.1) is 0 Å². The van der Waals surface area contributed by atoms with Crippen molar-refractivity contribution in [3.8, 4) is 0 Å². The molecule has 1 aliphatic carbocycles. The van der Waals surface area contributed by atoms with E-state index < -0.39 is 0 Å². The minimum Gasteiger partial charge on any atom is -0.468 e. The summed E-state index contributed by atoms with van der Waals surface area (Å²) >= 11 is 0. The lowest BCUT2D eigenvalue weighted by atomic mass is 10.2. The third-order valence-corrected chi connectivity index (χ3v) is 5.52. The van der Waals surface area contributed by atoms with Crippen molar-refractivity contribution >= 4 is 5.96 Å². The van der Waals surface area contributed by atoms with E-state index in [0.717, 1.165) is 43.9 Å². The molecular weight excluding hydrogens is 314 g/mol. The molecule has 0 amide bonds. The van der Waals surface area contributed by atoms with Gasteiger partial charge in [0.15, 0.2) is 5.96 Å². The van der Waals surface area contributed by atoms with Crippen LogP contribution in [-0.2, 0) is 0 Å². The maximum Gasteiger partial charge on any atom is 0.191 e. The molecule has 2 heterocycles. The van der Waals surface area contributed by atoms with E-state index in [9.17, 15) is 0 Å². The summed E-state index contributed by atoms with van der Waals surface area (Å²) in [5.41, 5.74) is 0. The number of nitrogens with one attached hydrogen (secondary N) is 2. The summed E-state index contributed by atoms with van der Waals surface area (Å²) in [7, 11) is 4.06. The minimum absolute atomic E-state index is 0.266. The normalized spacial score (nSPS) is 21.5. The molecule has 2 aliphatic rings. The van der Waals surface area contributed by atoms with E-state index in [0.29, 0.717) is 6.04 Å². The van der Waals surface area contributed by atoms with E-state index in [4.69, 9.17) is 4.42 Å². The van der Waals surface area contributed by atoms with Gasteiger partial charge in [-0.25, -0.2) is 0 Å². The highest BCUT2D eigenvalue weighted by molar-refractivity contribution is 5.79. The molecule has 6 nitrogen and oxygen atoms in total. The Morgan fingerprint density at radius 3 is 2.64 bits per heavy atom. The first-order valence-electron chi connectivity index (χ1n) is 9.63. The zero-order valence-corrected chi connectivity index (χ0v) is 15.9. The number of rotatable bonds is 8. The maximum atomic E-state index is 5.69. The summed E-state index contributed by atoms with van der Waals surface area (Å²) < 4.78 is 5.69. The first kappa shape index (κ1) is 18.3. The molecule has 3 rings (SSSR count). The second-order valence-electron chi connectivity index (χ2n) is 7.35. The predicted molar refractivity (Wildman–Crippen MR) is 102 cm³/mol. The largest absolute Gasteiger partial charge is 0.468 e. The quantitative estimate of drug-likeness (QED) is 0.557. The van der Waals surface area contributed by atoms with Crippen LogP contribution in [0.4, 0.5) is 0 Å². The van der Waals surface area contributed by atoms with Gasteiger partial charge >= 0.3 is 0 Å². The number of guanidine groups is 1. The molecule has 1 saturated carbocycles. The number of hydrogen-bond donors (Lipinski definition) is 2. The first-order chi connectivity index (χ1) is 12.2. The van der Waals surface area contributed by atoms with E-state index in [2.05, 4.69) is 45.5 Å². The van der Waals surface area contributed by atoms with Crippen LogP contribution >= 0.6 is 0 Å². The molecule has 0 radical (unpaired) electrons. The number of aliphatic imine (C=N–C) groups is 1. The fraction of sp³-hybridized carbons (Fsp3) is 0.737. The van der Waals surface area contributed by atoms with Crippen molar-refractivity contribution in [1.82, 2.24) is 20.4 Å². The SMILES string of the molecule is CN=C(NCC(c1ccco1)N1CCCC1)NCC(C)N(C)C1CC1. The van der Waals surface area contributed by atoms with Crippen molar-refractivity contribution in [2.75, 3.05) is 40.3 Å². The van der Waals surface area contributed by atoms with Crippen LogP contribution in [0.3, 0.4) is 0 Å². The van der Waals surface area contributed by atoms with Crippen molar-refractivity contribution < 1.29 is 4.42 Å². The fourth-order valence-electron chi connectivity index (χ4n) is 3.59. The Balaban J connectivity index is 1.49. The summed E-state index contributed by atoms with van der Waals surface area (Å²) in [5.74, 6) is 1.90. The lowest BCUT2D eigenvalue weighted by molar-refractivity contribution is 0.215. The number of nitrogens with zero attached hydrogens (tertiary/aromatic N) is 3. The van der Waals surface area contributed by atoms with Gasteiger partial charge in [0.05, 0.1) is 12.3 Å². The highest BCUT2D eigenvalue weighted by atomic mass is 16.3. The molecule has 140 valence electrons. The second kappa shape index (κ2) is 8.72. The van der Waals surface area contributed by atoms with E-state index in [1.807, 2.05) is 13.1 Å². The summed E-state index contributed by atoms with van der Waals surface area (Å²) in [5, 5.41) is 6.96. The highest BCUT2D eigenvalue weighted by Crippen LogP contribution is 2.27. The molecule has 1 aliphatic heterocycles. The first-order valence-corrected chi connectivity index (χ1v) is 9.63. The molecule has 6 heteroatoms. The Labute approximate surface area is 151 Å². The average Bonchev–Trinajstić information content (AvgIpc) is 3.10. The van der Waals surface area contributed by atoms with Gasteiger partial charge in [0.1, 0.15) is 5.76 Å². The molecule has 1 aromatic rings. The van der Waals surface area contributed by atoms with Gasteiger partial charge in [-0.05, 0) is 64.9 Å². The van der Waals surface area contributed by atoms with Crippen LogP contribution in [0.1, 0.15) is 44.4 Å². The topological polar surface area (TPSA) is 56.0 Å². The Bertz CT molecular complexity index is 534. The fourth-order valence-corrected chi connectivity index (χ4v) is 3.59. The molecule has 25 heavy (non-hydrogen) atoms. The lowest BCUT2D eigenvalue weighted by Gasteiger charge is -2.28. The van der Waals surface area contributed by atoms with Crippen LogP contribution in [-0.4, -0.2) is 68.1 Å². The van der Waals surface area contributed by atoms with E-state index in [1.165, 1.54) is 25.7 Å². The van der Waals surface area contributed by atoms with Crippen LogP contribution in [0.2, 0.25) is 0 Å². The monoisotopic (exact) mass is 347 g/mol. The van der Waals surface area contributed by atoms with Crippen LogP contribution in [0.5, 0.6) is 0 Å². The van der Waals surface area contributed by atoms with Gasteiger partial charge in [-0.3, -0.25) is 14.8 Å². The van der Waals surface area contributed by atoms with Crippen molar-refractivity contribution in [2.45, 2.75) is 50.7 Å². The summed E-state index contributed by atoms with van der Waals surface area (Å²) in [4.78, 5) is 9.36. The minimum atomic E-state index is 0.266. The van der Waals surface area contributed by atoms with Crippen LogP contribution in [0.25, 0.3) is 0 Å². The van der Waals surface area contributed by atoms with Gasteiger partial charge in [0, 0.05) is 32.2 Å². The molecular formula is C19H33N5O. The van der Waals surface area contributed by atoms with E-state index in [-0.39, 0.29) is 6.04 Å². The van der Waals surface area contributed by atoms with Gasteiger partial charge in [-0.1, -0.05) is 0 Å². The molecule has 1 aromatic heterocycles.